The molecule has 0 atom stereocenters. The number of rotatable bonds is 4. The van der Waals surface area contributed by atoms with Gasteiger partial charge in [0.05, 0.1) is 19.0 Å². The van der Waals surface area contributed by atoms with Gasteiger partial charge in [0.2, 0.25) is 16.0 Å². The minimum absolute atomic E-state index is 0.109. The first-order valence-corrected chi connectivity index (χ1v) is 11.7. The van der Waals surface area contributed by atoms with Gasteiger partial charge in [0.1, 0.15) is 10.6 Å². The molecule has 1 aromatic heterocycles. The lowest BCUT2D eigenvalue weighted by Crippen LogP contribution is -2.44. The molecule has 0 spiro atoms. The zero-order valence-corrected chi connectivity index (χ0v) is 19.2. The van der Waals surface area contributed by atoms with Crippen LogP contribution in [0.15, 0.2) is 29.3 Å². The molecule has 0 aliphatic carbocycles. The molecule has 1 fully saturated rings. The zero-order chi connectivity index (χ0) is 22.2. The largest absolute Gasteiger partial charge is 0.494 e. The Morgan fingerprint density at radius 3 is 2.48 bits per heavy atom. The smallest absolute Gasteiger partial charge is 0.248 e. The van der Waals surface area contributed by atoms with Crippen LogP contribution in [-0.2, 0) is 10.0 Å². The number of ether oxygens (including phenoxy) is 1. The summed E-state index contributed by atoms with van der Waals surface area (Å²) in [5, 5.41) is 3.18. The number of anilines is 4. The SMILES string of the molecule is COc1cc(N2CCN(C)CC2)ccc1Nc1ncc2c(n1)N(C)CCN(C)S2(=O)=O. The predicted molar refractivity (Wildman–Crippen MR) is 121 cm³/mol. The van der Waals surface area contributed by atoms with Gasteiger partial charge >= 0.3 is 0 Å². The van der Waals surface area contributed by atoms with Crippen molar-refractivity contribution in [1.29, 1.82) is 0 Å². The lowest BCUT2D eigenvalue weighted by atomic mass is 10.2. The van der Waals surface area contributed by atoms with Crippen LogP contribution in [0.5, 0.6) is 5.75 Å². The molecule has 2 aromatic rings. The van der Waals surface area contributed by atoms with Gasteiger partial charge in [0, 0.05) is 65.1 Å². The van der Waals surface area contributed by atoms with Crippen molar-refractivity contribution >= 4 is 33.2 Å². The second-order valence-corrected chi connectivity index (χ2v) is 9.94. The monoisotopic (exact) mass is 447 g/mol. The molecular weight excluding hydrogens is 418 g/mol. The molecule has 0 amide bonds. The van der Waals surface area contributed by atoms with Crippen LogP contribution in [-0.4, -0.2) is 95.1 Å². The Hall–Kier alpha value is -2.63. The number of hydrogen-bond acceptors (Lipinski definition) is 9. The van der Waals surface area contributed by atoms with E-state index in [2.05, 4.69) is 32.1 Å². The molecular formula is C20H29N7O3S. The van der Waals surface area contributed by atoms with E-state index >= 15 is 0 Å². The molecule has 1 N–H and O–H groups in total. The number of hydrogen-bond donors (Lipinski definition) is 1. The van der Waals surface area contributed by atoms with Crippen molar-refractivity contribution in [3.05, 3.63) is 24.4 Å². The van der Waals surface area contributed by atoms with Crippen molar-refractivity contribution in [3.8, 4) is 5.75 Å². The van der Waals surface area contributed by atoms with E-state index < -0.39 is 10.0 Å². The van der Waals surface area contributed by atoms with Crippen LogP contribution >= 0.6 is 0 Å². The van der Waals surface area contributed by atoms with Crippen LogP contribution in [0.4, 0.5) is 23.1 Å². The summed E-state index contributed by atoms with van der Waals surface area (Å²) in [6, 6.07) is 5.99. The summed E-state index contributed by atoms with van der Waals surface area (Å²) >= 11 is 0. The third-order valence-corrected chi connectivity index (χ3v) is 7.68. The Bertz CT molecular complexity index is 1050. The van der Waals surface area contributed by atoms with Crippen LogP contribution < -0.4 is 19.9 Å². The fourth-order valence-electron chi connectivity index (χ4n) is 3.73. The van der Waals surface area contributed by atoms with Gasteiger partial charge < -0.3 is 24.8 Å². The molecule has 0 unspecified atom stereocenters. The molecule has 3 heterocycles. The highest BCUT2D eigenvalue weighted by Gasteiger charge is 2.31. The van der Waals surface area contributed by atoms with E-state index in [1.165, 1.54) is 10.5 Å². The highest BCUT2D eigenvalue weighted by Crippen LogP contribution is 2.33. The number of benzene rings is 1. The summed E-state index contributed by atoms with van der Waals surface area (Å²) in [5.41, 5.74) is 1.82. The molecule has 11 heteroatoms. The van der Waals surface area contributed by atoms with E-state index in [4.69, 9.17) is 4.74 Å². The van der Waals surface area contributed by atoms with Gasteiger partial charge in [-0.2, -0.15) is 9.29 Å². The third kappa shape index (κ3) is 4.25. The average molecular weight is 448 g/mol. The number of fused-ring (bicyclic) bond motifs is 1. The minimum atomic E-state index is -3.61. The second-order valence-electron chi connectivity index (χ2n) is 7.93. The van der Waals surface area contributed by atoms with Crippen LogP contribution in [0, 0.1) is 0 Å². The van der Waals surface area contributed by atoms with Crippen molar-refractivity contribution < 1.29 is 13.2 Å². The Kier molecular flexibility index (Phi) is 5.91. The fraction of sp³-hybridized carbons (Fsp3) is 0.500. The van der Waals surface area contributed by atoms with Crippen molar-refractivity contribution in [2.24, 2.45) is 0 Å². The van der Waals surface area contributed by atoms with Crippen LogP contribution in [0.2, 0.25) is 0 Å². The minimum Gasteiger partial charge on any atom is -0.494 e. The Morgan fingerprint density at radius 1 is 1.03 bits per heavy atom. The van der Waals surface area contributed by atoms with Gasteiger partial charge in [-0.1, -0.05) is 0 Å². The molecule has 4 rings (SSSR count). The Labute approximate surface area is 183 Å². The zero-order valence-electron chi connectivity index (χ0n) is 18.4. The summed E-state index contributed by atoms with van der Waals surface area (Å²) in [6.07, 6.45) is 1.36. The van der Waals surface area contributed by atoms with Gasteiger partial charge in [-0.3, -0.25) is 0 Å². The fourth-order valence-corrected chi connectivity index (χ4v) is 5.00. The van der Waals surface area contributed by atoms with Crippen molar-refractivity contribution in [2.45, 2.75) is 4.90 Å². The third-order valence-electron chi connectivity index (χ3n) is 5.84. The summed E-state index contributed by atoms with van der Waals surface area (Å²) in [6.45, 7) is 4.92. The summed E-state index contributed by atoms with van der Waals surface area (Å²) in [5.74, 6) is 1.38. The maximum absolute atomic E-state index is 12.7. The normalized spacial score (nSPS) is 19.6. The first-order valence-electron chi connectivity index (χ1n) is 10.2. The summed E-state index contributed by atoms with van der Waals surface area (Å²) in [4.78, 5) is 15.4. The Morgan fingerprint density at radius 2 is 1.77 bits per heavy atom. The van der Waals surface area contributed by atoms with Gasteiger partial charge in [-0.25, -0.2) is 13.4 Å². The lowest BCUT2D eigenvalue weighted by Gasteiger charge is -2.34. The molecule has 2 aliphatic heterocycles. The van der Waals surface area contributed by atoms with Crippen molar-refractivity contribution in [1.82, 2.24) is 19.2 Å². The second kappa shape index (κ2) is 8.48. The number of nitrogens with zero attached hydrogens (tertiary/aromatic N) is 6. The maximum atomic E-state index is 12.7. The molecule has 31 heavy (non-hydrogen) atoms. The molecule has 10 nitrogen and oxygen atoms in total. The standard InChI is InChI=1S/C20H29N7O3S/c1-24-7-11-27(12-8-24)15-5-6-16(17(13-15)30-4)22-20-21-14-18-19(23-20)25(2)9-10-26(3)31(18,28)29/h5-6,13-14H,7-12H2,1-4H3,(H,21,22,23). The van der Waals surface area contributed by atoms with E-state index in [9.17, 15) is 8.42 Å². The van der Waals surface area contributed by atoms with Gasteiger partial charge in [-0.15, -0.1) is 0 Å². The van der Waals surface area contributed by atoms with Crippen molar-refractivity contribution in [3.63, 3.8) is 0 Å². The van der Waals surface area contributed by atoms with E-state index in [0.717, 1.165) is 37.6 Å². The highest BCUT2D eigenvalue weighted by molar-refractivity contribution is 7.89. The van der Waals surface area contributed by atoms with Crippen LogP contribution in [0.1, 0.15) is 0 Å². The molecule has 1 aromatic carbocycles. The molecule has 168 valence electrons. The first-order chi connectivity index (χ1) is 14.8. The quantitative estimate of drug-likeness (QED) is 0.738. The molecule has 2 aliphatic rings. The van der Waals surface area contributed by atoms with Crippen molar-refractivity contribution in [2.75, 3.05) is 82.6 Å². The van der Waals surface area contributed by atoms with Gasteiger partial charge in [-0.05, 0) is 19.2 Å². The average Bonchev–Trinajstić information content (AvgIpc) is 2.85. The summed E-state index contributed by atoms with van der Waals surface area (Å²) < 4.78 is 32.4. The number of nitrogens with one attached hydrogen (secondary N) is 1. The molecule has 0 saturated carbocycles. The summed E-state index contributed by atoms with van der Waals surface area (Å²) in [7, 11) is 3.54. The van der Waals surface area contributed by atoms with E-state index in [-0.39, 0.29) is 4.90 Å². The van der Waals surface area contributed by atoms with Crippen LogP contribution in [0.3, 0.4) is 0 Å². The predicted octanol–water partition coefficient (Wildman–Crippen LogP) is 1.05. The van der Waals surface area contributed by atoms with E-state index in [1.807, 2.05) is 30.1 Å². The lowest BCUT2D eigenvalue weighted by molar-refractivity contribution is 0.312. The van der Waals surface area contributed by atoms with Gasteiger partial charge in [0.15, 0.2) is 5.82 Å². The highest BCUT2D eigenvalue weighted by atomic mass is 32.2. The Balaban J connectivity index is 1.61. The van der Waals surface area contributed by atoms with E-state index in [1.54, 1.807) is 14.2 Å². The molecule has 0 radical (unpaired) electrons. The number of aromatic nitrogens is 2. The number of methoxy groups -OCH3 is 1. The first kappa shape index (κ1) is 21.6. The molecule has 0 bridgehead atoms. The van der Waals surface area contributed by atoms with Gasteiger partial charge in [0.25, 0.3) is 0 Å². The number of likely N-dealkylation sites (N-methyl/N-ethyl adjacent to an activating group) is 3. The number of sulfonamides is 1. The maximum Gasteiger partial charge on any atom is 0.248 e. The molecule has 1 saturated heterocycles. The van der Waals surface area contributed by atoms with E-state index in [0.29, 0.717) is 30.6 Å². The number of piperazine rings is 1. The van der Waals surface area contributed by atoms with Crippen LogP contribution in [0.25, 0.3) is 0 Å². The topological polar surface area (TPSA) is 94.1 Å².